The highest BCUT2D eigenvalue weighted by Crippen LogP contribution is 2.12. The molecule has 158 valence electrons. The van der Waals surface area contributed by atoms with Crippen LogP contribution in [-0.4, -0.2) is 49.1 Å². The minimum absolute atomic E-state index is 0.0939. The van der Waals surface area contributed by atoms with Crippen molar-refractivity contribution in [2.24, 2.45) is 0 Å². The Morgan fingerprint density at radius 3 is 2.24 bits per heavy atom. The summed E-state index contributed by atoms with van der Waals surface area (Å²) in [5, 5.41) is 5.25. The SMILES string of the molecule is CC(C)(C)OC(=O)N[C@@H](Cc1c[nH]n(-c2ncccn2)c1=O)C(=O)OC(C)(C)C. The van der Waals surface area contributed by atoms with Gasteiger partial charge in [-0.15, -0.1) is 0 Å². The van der Waals surface area contributed by atoms with Crippen molar-refractivity contribution in [1.29, 1.82) is 0 Å². The minimum Gasteiger partial charge on any atom is -0.458 e. The maximum absolute atomic E-state index is 12.7. The van der Waals surface area contributed by atoms with Gasteiger partial charge in [-0.2, -0.15) is 4.68 Å². The molecule has 1 amide bonds. The van der Waals surface area contributed by atoms with E-state index in [-0.39, 0.29) is 17.9 Å². The van der Waals surface area contributed by atoms with Crippen LogP contribution in [0.4, 0.5) is 4.79 Å². The third kappa shape index (κ3) is 6.74. The van der Waals surface area contributed by atoms with E-state index in [0.717, 1.165) is 4.68 Å². The zero-order valence-corrected chi connectivity index (χ0v) is 17.5. The molecule has 2 N–H and O–H groups in total. The first-order valence-electron chi connectivity index (χ1n) is 9.15. The monoisotopic (exact) mass is 405 g/mol. The number of esters is 1. The number of H-pyrrole nitrogens is 1. The van der Waals surface area contributed by atoms with Crippen molar-refractivity contribution in [3.05, 3.63) is 40.6 Å². The summed E-state index contributed by atoms with van der Waals surface area (Å²) in [4.78, 5) is 45.5. The van der Waals surface area contributed by atoms with E-state index in [1.807, 2.05) is 0 Å². The summed E-state index contributed by atoms with van der Waals surface area (Å²) in [6.45, 7) is 10.3. The Labute approximate surface area is 168 Å². The van der Waals surface area contributed by atoms with Crippen molar-refractivity contribution in [1.82, 2.24) is 25.1 Å². The highest BCUT2D eigenvalue weighted by molar-refractivity contribution is 5.82. The molecule has 2 rings (SSSR count). The van der Waals surface area contributed by atoms with Gasteiger partial charge in [0.2, 0.25) is 0 Å². The Kier molecular flexibility index (Phi) is 6.45. The normalized spacial score (nSPS) is 12.9. The van der Waals surface area contributed by atoms with Crippen LogP contribution in [0.25, 0.3) is 5.95 Å². The Hall–Kier alpha value is -3.17. The highest BCUT2D eigenvalue weighted by Gasteiger charge is 2.30. The smallest absolute Gasteiger partial charge is 0.408 e. The summed E-state index contributed by atoms with van der Waals surface area (Å²) < 4.78 is 11.8. The molecule has 0 aliphatic carbocycles. The van der Waals surface area contributed by atoms with Gasteiger partial charge < -0.3 is 14.8 Å². The van der Waals surface area contributed by atoms with Crippen LogP contribution < -0.4 is 10.9 Å². The predicted octanol–water partition coefficient (Wildman–Crippen LogP) is 1.73. The molecule has 0 aliphatic rings. The second-order valence-electron chi connectivity index (χ2n) is 8.42. The summed E-state index contributed by atoms with van der Waals surface area (Å²) in [5.74, 6) is -0.510. The van der Waals surface area contributed by atoms with Crippen LogP contribution in [0.1, 0.15) is 47.1 Å². The number of hydrogen-bond acceptors (Lipinski definition) is 7. The van der Waals surface area contributed by atoms with Gasteiger partial charge in [-0.1, -0.05) is 0 Å². The number of ether oxygens (including phenoxy) is 2. The van der Waals surface area contributed by atoms with E-state index in [4.69, 9.17) is 9.47 Å². The van der Waals surface area contributed by atoms with Gasteiger partial charge in [0.05, 0.1) is 0 Å². The topological polar surface area (TPSA) is 128 Å². The number of alkyl carbamates (subject to hydrolysis) is 1. The van der Waals surface area contributed by atoms with Gasteiger partial charge in [0, 0.05) is 30.6 Å². The van der Waals surface area contributed by atoms with Crippen molar-refractivity contribution in [2.75, 3.05) is 0 Å². The molecule has 0 saturated carbocycles. The fourth-order valence-electron chi connectivity index (χ4n) is 2.34. The molecular formula is C19H27N5O5. The van der Waals surface area contributed by atoms with Crippen molar-refractivity contribution in [2.45, 2.75) is 65.2 Å². The Morgan fingerprint density at radius 1 is 1.10 bits per heavy atom. The summed E-state index contributed by atoms with van der Waals surface area (Å²) in [7, 11) is 0. The zero-order chi connectivity index (χ0) is 21.8. The zero-order valence-electron chi connectivity index (χ0n) is 17.5. The van der Waals surface area contributed by atoms with Gasteiger partial charge >= 0.3 is 12.1 Å². The number of nitrogens with one attached hydrogen (secondary N) is 2. The van der Waals surface area contributed by atoms with Crippen LogP contribution in [0.5, 0.6) is 0 Å². The fourth-order valence-corrected chi connectivity index (χ4v) is 2.34. The summed E-state index contributed by atoms with van der Waals surface area (Å²) in [5.41, 5.74) is -1.69. The molecular weight excluding hydrogens is 378 g/mol. The van der Waals surface area contributed by atoms with E-state index < -0.39 is 34.9 Å². The molecule has 29 heavy (non-hydrogen) atoms. The second kappa shape index (κ2) is 8.46. The van der Waals surface area contributed by atoms with Crippen LogP contribution in [0.15, 0.2) is 29.5 Å². The van der Waals surface area contributed by atoms with Gasteiger partial charge in [-0.05, 0) is 47.6 Å². The summed E-state index contributed by atoms with van der Waals surface area (Å²) in [6.07, 6.45) is 3.57. The van der Waals surface area contributed by atoms with Crippen LogP contribution in [0.3, 0.4) is 0 Å². The number of aromatic nitrogens is 4. The molecule has 10 nitrogen and oxygen atoms in total. The van der Waals surface area contributed by atoms with E-state index in [9.17, 15) is 14.4 Å². The third-order valence-corrected chi connectivity index (χ3v) is 3.40. The van der Waals surface area contributed by atoms with Crippen molar-refractivity contribution in [3.8, 4) is 5.95 Å². The lowest BCUT2D eigenvalue weighted by Crippen LogP contribution is -2.47. The molecule has 0 unspecified atom stereocenters. The highest BCUT2D eigenvalue weighted by atomic mass is 16.6. The van der Waals surface area contributed by atoms with Crippen molar-refractivity contribution in [3.63, 3.8) is 0 Å². The van der Waals surface area contributed by atoms with E-state index in [0.29, 0.717) is 0 Å². The summed E-state index contributed by atoms with van der Waals surface area (Å²) in [6, 6.07) is 0.513. The van der Waals surface area contributed by atoms with Crippen molar-refractivity contribution >= 4 is 12.1 Å². The molecule has 2 heterocycles. The maximum atomic E-state index is 12.7. The molecule has 0 radical (unpaired) electrons. The molecule has 0 bridgehead atoms. The molecule has 0 fully saturated rings. The number of hydrogen-bond donors (Lipinski definition) is 2. The number of rotatable bonds is 5. The lowest BCUT2D eigenvalue weighted by Gasteiger charge is -2.26. The predicted molar refractivity (Wildman–Crippen MR) is 105 cm³/mol. The van der Waals surface area contributed by atoms with Gasteiger partial charge in [0.25, 0.3) is 11.5 Å². The molecule has 10 heteroatoms. The van der Waals surface area contributed by atoms with Gasteiger partial charge in [0.15, 0.2) is 0 Å². The quantitative estimate of drug-likeness (QED) is 0.725. The number of aromatic amines is 1. The number of amides is 1. The van der Waals surface area contributed by atoms with Gasteiger partial charge in [-0.3, -0.25) is 9.89 Å². The van der Waals surface area contributed by atoms with Crippen molar-refractivity contribution < 1.29 is 19.1 Å². The lowest BCUT2D eigenvalue weighted by atomic mass is 10.1. The van der Waals surface area contributed by atoms with Crippen LogP contribution in [-0.2, 0) is 20.7 Å². The average Bonchev–Trinajstić information content (AvgIpc) is 2.92. The molecule has 0 saturated heterocycles. The van der Waals surface area contributed by atoms with Gasteiger partial charge in [0.1, 0.15) is 17.2 Å². The Balaban J connectivity index is 2.25. The number of nitrogens with zero attached hydrogens (tertiary/aromatic N) is 3. The third-order valence-electron chi connectivity index (χ3n) is 3.40. The first-order valence-corrected chi connectivity index (χ1v) is 9.15. The van der Waals surface area contributed by atoms with Gasteiger partial charge in [-0.25, -0.2) is 19.6 Å². The van der Waals surface area contributed by atoms with Crippen LogP contribution >= 0.6 is 0 Å². The molecule has 2 aromatic heterocycles. The van der Waals surface area contributed by atoms with E-state index in [1.165, 1.54) is 18.6 Å². The Morgan fingerprint density at radius 2 is 1.69 bits per heavy atom. The number of carbonyl (C=O) groups excluding carboxylic acids is 2. The number of carbonyl (C=O) groups is 2. The molecule has 0 aromatic carbocycles. The van der Waals surface area contributed by atoms with Crippen LogP contribution in [0.2, 0.25) is 0 Å². The first kappa shape index (κ1) is 22.1. The summed E-state index contributed by atoms with van der Waals surface area (Å²) >= 11 is 0. The average molecular weight is 405 g/mol. The van der Waals surface area contributed by atoms with E-state index in [2.05, 4.69) is 20.4 Å². The first-order chi connectivity index (χ1) is 13.4. The molecule has 2 aromatic rings. The lowest BCUT2D eigenvalue weighted by molar-refractivity contribution is -0.157. The standard InChI is InChI=1S/C19H27N5O5/c1-18(2,3)28-15(26)13(23-17(27)29-19(4,5)6)10-12-11-22-24(14(12)25)16-20-8-7-9-21-16/h7-9,11,13,22H,10H2,1-6H3,(H,23,27)/t13-/m0/s1. The fraction of sp³-hybridized carbons (Fsp3) is 0.526. The maximum Gasteiger partial charge on any atom is 0.408 e. The minimum atomic E-state index is -1.11. The van der Waals surface area contributed by atoms with E-state index in [1.54, 1.807) is 47.6 Å². The molecule has 0 aliphatic heterocycles. The Bertz CT molecular complexity index is 906. The second-order valence-corrected chi connectivity index (χ2v) is 8.42. The molecule has 0 spiro atoms. The van der Waals surface area contributed by atoms with Crippen LogP contribution in [0, 0.1) is 0 Å². The largest absolute Gasteiger partial charge is 0.458 e. The molecule has 1 atom stereocenters. The van der Waals surface area contributed by atoms with E-state index >= 15 is 0 Å².